The first kappa shape index (κ1) is 18.7. The van der Waals surface area contributed by atoms with Gasteiger partial charge in [-0.3, -0.25) is 14.9 Å². The molecular weight excluding hydrogens is 372 g/mol. The van der Waals surface area contributed by atoms with Crippen LogP contribution in [0.1, 0.15) is 10.4 Å². The summed E-state index contributed by atoms with van der Waals surface area (Å²) in [4.78, 5) is 38.3. The van der Waals surface area contributed by atoms with E-state index in [1.165, 1.54) is 18.2 Å². The number of rotatable bonds is 3. The molecule has 1 saturated heterocycles. The second-order valence-electron chi connectivity index (χ2n) is 6.00. The molecule has 8 nitrogen and oxygen atoms in total. The van der Waals surface area contributed by atoms with E-state index in [0.29, 0.717) is 31.9 Å². The van der Waals surface area contributed by atoms with Gasteiger partial charge in [0.25, 0.3) is 11.6 Å². The van der Waals surface area contributed by atoms with E-state index in [-0.39, 0.29) is 28.2 Å². The molecule has 0 saturated carbocycles. The number of urea groups is 1. The Morgan fingerprint density at radius 1 is 1.00 bits per heavy atom. The Labute approximate surface area is 160 Å². The highest BCUT2D eigenvalue weighted by Gasteiger charge is 2.26. The third-order valence-electron chi connectivity index (χ3n) is 4.27. The van der Waals surface area contributed by atoms with Crippen LogP contribution in [-0.4, -0.2) is 52.8 Å². The minimum absolute atomic E-state index is 0.0402. The number of nitro groups is 1. The van der Waals surface area contributed by atoms with E-state index in [1.807, 2.05) is 18.2 Å². The molecule has 1 N–H and O–H groups in total. The molecule has 1 fully saturated rings. The third-order valence-corrected chi connectivity index (χ3v) is 4.59. The summed E-state index contributed by atoms with van der Waals surface area (Å²) in [5, 5.41) is 13.6. The van der Waals surface area contributed by atoms with Crippen LogP contribution in [0.25, 0.3) is 0 Å². The van der Waals surface area contributed by atoms with Crippen molar-refractivity contribution in [3.8, 4) is 0 Å². The first-order chi connectivity index (χ1) is 13.0. The number of non-ortho nitro benzene ring substituents is 1. The molecule has 0 spiro atoms. The van der Waals surface area contributed by atoms with E-state index < -0.39 is 4.92 Å². The highest BCUT2D eigenvalue weighted by Crippen LogP contribution is 2.24. The van der Waals surface area contributed by atoms with Gasteiger partial charge in [0, 0.05) is 44.0 Å². The van der Waals surface area contributed by atoms with Crippen molar-refractivity contribution in [2.75, 3.05) is 31.5 Å². The summed E-state index contributed by atoms with van der Waals surface area (Å²) in [5.74, 6) is -0.307. The minimum Gasteiger partial charge on any atom is -0.335 e. The van der Waals surface area contributed by atoms with Crippen molar-refractivity contribution in [1.82, 2.24) is 9.80 Å². The Morgan fingerprint density at radius 2 is 1.63 bits per heavy atom. The number of nitro benzene ring substituents is 1. The summed E-state index contributed by atoms with van der Waals surface area (Å²) < 4.78 is 0. The van der Waals surface area contributed by atoms with Gasteiger partial charge in [-0.05, 0) is 18.2 Å². The lowest BCUT2D eigenvalue weighted by atomic mass is 10.1. The smallest absolute Gasteiger partial charge is 0.321 e. The first-order valence-corrected chi connectivity index (χ1v) is 8.67. The average molecular weight is 389 g/mol. The fourth-order valence-corrected chi connectivity index (χ4v) is 3.05. The van der Waals surface area contributed by atoms with Crippen LogP contribution in [-0.2, 0) is 0 Å². The maximum Gasteiger partial charge on any atom is 0.321 e. The lowest BCUT2D eigenvalue weighted by Crippen LogP contribution is -2.51. The van der Waals surface area contributed by atoms with Crippen LogP contribution in [0.15, 0.2) is 48.5 Å². The van der Waals surface area contributed by atoms with Gasteiger partial charge in [0.15, 0.2) is 0 Å². The van der Waals surface area contributed by atoms with Crippen molar-refractivity contribution in [3.63, 3.8) is 0 Å². The van der Waals surface area contributed by atoms with E-state index in [1.54, 1.807) is 21.9 Å². The van der Waals surface area contributed by atoms with Crippen molar-refractivity contribution in [2.24, 2.45) is 0 Å². The predicted molar refractivity (Wildman–Crippen MR) is 101 cm³/mol. The normalized spacial score (nSPS) is 14.0. The number of halogens is 1. The molecule has 0 atom stereocenters. The van der Waals surface area contributed by atoms with Crippen molar-refractivity contribution in [2.45, 2.75) is 0 Å². The number of benzene rings is 2. The molecule has 27 heavy (non-hydrogen) atoms. The summed E-state index contributed by atoms with van der Waals surface area (Å²) >= 11 is 6.03. The Kier molecular flexibility index (Phi) is 5.56. The van der Waals surface area contributed by atoms with E-state index in [4.69, 9.17) is 11.6 Å². The van der Waals surface area contributed by atoms with E-state index >= 15 is 0 Å². The molecule has 0 radical (unpaired) electrons. The van der Waals surface area contributed by atoms with Gasteiger partial charge in [-0.2, -0.15) is 0 Å². The number of amides is 3. The Morgan fingerprint density at radius 3 is 2.22 bits per heavy atom. The second-order valence-corrected chi connectivity index (χ2v) is 6.40. The number of carbonyl (C=O) groups is 2. The molecule has 1 heterocycles. The van der Waals surface area contributed by atoms with Crippen LogP contribution < -0.4 is 5.32 Å². The summed E-state index contributed by atoms with van der Waals surface area (Å²) in [7, 11) is 0. The van der Waals surface area contributed by atoms with Gasteiger partial charge in [0.05, 0.1) is 15.5 Å². The van der Waals surface area contributed by atoms with Gasteiger partial charge in [-0.15, -0.1) is 0 Å². The molecule has 0 bridgehead atoms. The maximum absolute atomic E-state index is 12.6. The Bertz CT molecular complexity index is 867. The molecule has 3 amide bonds. The molecule has 0 aromatic heterocycles. The topological polar surface area (TPSA) is 95.8 Å². The largest absolute Gasteiger partial charge is 0.335 e. The molecular formula is C18H17ClN4O4. The number of para-hydroxylation sites is 1. The number of anilines is 1. The van der Waals surface area contributed by atoms with E-state index in [2.05, 4.69) is 5.32 Å². The number of nitrogens with one attached hydrogen (secondary N) is 1. The van der Waals surface area contributed by atoms with Crippen LogP contribution in [0.3, 0.4) is 0 Å². The molecule has 1 aliphatic rings. The molecule has 2 aromatic carbocycles. The van der Waals surface area contributed by atoms with E-state index in [9.17, 15) is 19.7 Å². The average Bonchev–Trinajstić information content (AvgIpc) is 2.68. The van der Waals surface area contributed by atoms with Crippen molar-refractivity contribution < 1.29 is 14.5 Å². The van der Waals surface area contributed by atoms with Crippen LogP contribution in [0.5, 0.6) is 0 Å². The van der Waals surface area contributed by atoms with Crippen LogP contribution in [0.4, 0.5) is 16.2 Å². The van der Waals surface area contributed by atoms with Crippen molar-refractivity contribution >= 4 is 34.9 Å². The SMILES string of the molecule is O=C(Nc1ccccc1)N1CCN(C(=O)c2ccc([N+](=O)[O-])cc2Cl)CC1. The minimum atomic E-state index is -0.565. The van der Waals surface area contributed by atoms with Gasteiger partial charge >= 0.3 is 6.03 Å². The quantitative estimate of drug-likeness (QED) is 0.644. The lowest BCUT2D eigenvalue weighted by Gasteiger charge is -2.34. The van der Waals surface area contributed by atoms with Gasteiger partial charge in [-0.25, -0.2) is 4.79 Å². The van der Waals surface area contributed by atoms with Gasteiger partial charge < -0.3 is 15.1 Å². The third kappa shape index (κ3) is 4.35. The zero-order valence-electron chi connectivity index (χ0n) is 14.3. The predicted octanol–water partition coefficient (Wildman–Crippen LogP) is 3.24. The molecule has 0 unspecified atom stereocenters. The Balaban J connectivity index is 1.59. The summed E-state index contributed by atoms with van der Waals surface area (Å²) in [6, 6.07) is 12.7. The fraction of sp³-hybridized carbons (Fsp3) is 0.222. The zero-order chi connectivity index (χ0) is 19.4. The number of hydrogen-bond acceptors (Lipinski definition) is 4. The number of nitrogens with zero attached hydrogens (tertiary/aromatic N) is 3. The molecule has 0 aliphatic carbocycles. The molecule has 3 rings (SSSR count). The van der Waals surface area contributed by atoms with Crippen LogP contribution >= 0.6 is 11.6 Å². The van der Waals surface area contributed by atoms with Gasteiger partial charge in [-0.1, -0.05) is 29.8 Å². The van der Waals surface area contributed by atoms with Gasteiger partial charge in [0.1, 0.15) is 0 Å². The lowest BCUT2D eigenvalue weighted by molar-refractivity contribution is -0.384. The Hall–Kier alpha value is -3.13. The van der Waals surface area contributed by atoms with Crippen LogP contribution in [0.2, 0.25) is 5.02 Å². The highest BCUT2D eigenvalue weighted by atomic mass is 35.5. The highest BCUT2D eigenvalue weighted by molar-refractivity contribution is 6.34. The molecule has 9 heteroatoms. The summed E-state index contributed by atoms with van der Waals surface area (Å²) in [6.45, 7) is 1.48. The van der Waals surface area contributed by atoms with Crippen molar-refractivity contribution in [3.05, 3.63) is 69.2 Å². The zero-order valence-corrected chi connectivity index (χ0v) is 15.1. The summed E-state index contributed by atoms with van der Waals surface area (Å²) in [5.41, 5.74) is 0.752. The first-order valence-electron chi connectivity index (χ1n) is 8.30. The fourth-order valence-electron chi connectivity index (χ4n) is 2.80. The van der Waals surface area contributed by atoms with Crippen molar-refractivity contribution in [1.29, 1.82) is 0 Å². The second kappa shape index (κ2) is 8.05. The molecule has 140 valence electrons. The standard InChI is InChI=1S/C18H17ClN4O4/c19-16-12-14(23(26)27)6-7-15(16)17(24)21-8-10-22(11-9-21)18(25)20-13-4-2-1-3-5-13/h1-7,12H,8-11H2,(H,20,25). The maximum atomic E-state index is 12.6. The van der Waals surface area contributed by atoms with Gasteiger partial charge in [0.2, 0.25) is 0 Å². The number of carbonyl (C=O) groups excluding carboxylic acids is 2. The molecule has 2 aromatic rings. The molecule has 1 aliphatic heterocycles. The van der Waals surface area contributed by atoms with Crippen LogP contribution in [0, 0.1) is 10.1 Å². The number of hydrogen-bond donors (Lipinski definition) is 1. The van der Waals surface area contributed by atoms with E-state index in [0.717, 1.165) is 0 Å². The monoisotopic (exact) mass is 388 g/mol. The summed E-state index contributed by atoms with van der Waals surface area (Å²) in [6.07, 6.45) is 0. The number of piperazine rings is 1.